The minimum absolute atomic E-state index is 0.381. The molecule has 2 rings (SSSR count). The average Bonchev–Trinajstić information content (AvgIpc) is 2.78. The molecule has 96 valence electrons. The number of nitrogens with one attached hydrogen (secondary N) is 1. The monoisotopic (exact) mass is 260 g/mol. The SMILES string of the molecule is C=CCN1C(=S)NC2C(O)C(C(O)CO)OC21. The molecule has 0 aliphatic carbocycles. The smallest absolute Gasteiger partial charge is 0.171 e. The van der Waals surface area contributed by atoms with Gasteiger partial charge in [0.15, 0.2) is 11.3 Å². The van der Waals surface area contributed by atoms with Crippen molar-refractivity contribution in [2.24, 2.45) is 0 Å². The van der Waals surface area contributed by atoms with Gasteiger partial charge in [-0.2, -0.15) is 0 Å². The number of fused-ring (bicyclic) bond motifs is 1. The Bertz CT molecular complexity index is 327. The molecule has 2 heterocycles. The maximum atomic E-state index is 9.99. The lowest BCUT2D eigenvalue weighted by atomic mass is 10.0. The molecule has 5 unspecified atom stereocenters. The molecule has 2 aliphatic heterocycles. The van der Waals surface area contributed by atoms with Crippen LogP contribution < -0.4 is 5.32 Å². The van der Waals surface area contributed by atoms with Gasteiger partial charge in [0.2, 0.25) is 0 Å². The van der Waals surface area contributed by atoms with Crippen LogP contribution in [0.1, 0.15) is 0 Å². The second-order valence-electron chi connectivity index (χ2n) is 4.15. The largest absolute Gasteiger partial charge is 0.394 e. The van der Waals surface area contributed by atoms with Crippen LogP contribution in [-0.4, -0.2) is 69.1 Å². The highest BCUT2D eigenvalue weighted by Crippen LogP contribution is 2.30. The first-order valence-corrected chi connectivity index (χ1v) is 5.81. The zero-order valence-electron chi connectivity index (χ0n) is 9.19. The van der Waals surface area contributed by atoms with Crippen LogP contribution in [0.25, 0.3) is 0 Å². The molecule has 0 amide bonds. The lowest BCUT2D eigenvalue weighted by Gasteiger charge is -2.25. The topological polar surface area (TPSA) is 85.2 Å². The second kappa shape index (κ2) is 4.87. The van der Waals surface area contributed by atoms with Crippen LogP contribution in [0, 0.1) is 0 Å². The Kier molecular flexibility index (Phi) is 3.64. The van der Waals surface area contributed by atoms with E-state index < -0.39 is 31.1 Å². The molecule has 2 saturated heterocycles. The number of thiocarbonyl (C=S) groups is 1. The van der Waals surface area contributed by atoms with Gasteiger partial charge >= 0.3 is 0 Å². The molecule has 0 spiro atoms. The van der Waals surface area contributed by atoms with Crippen molar-refractivity contribution in [3.8, 4) is 0 Å². The summed E-state index contributed by atoms with van der Waals surface area (Å²) >= 11 is 5.11. The van der Waals surface area contributed by atoms with Gasteiger partial charge in [-0.05, 0) is 12.2 Å². The Hall–Kier alpha value is -0.730. The van der Waals surface area contributed by atoms with E-state index in [0.29, 0.717) is 11.7 Å². The normalized spacial score (nSPS) is 37.8. The van der Waals surface area contributed by atoms with Crippen molar-refractivity contribution in [3.63, 3.8) is 0 Å². The minimum atomic E-state index is -1.10. The Morgan fingerprint density at radius 1 is 1.65 bits per heavy atom. The van der Waals surface area contributed by atoms with Crippen molar-refractivity contribution < 1.29 is 20.1 Å². The lowest BCUT2D eigenvalue weighted by Crippen LogP contribution is -2.45. The van der Waals surface area contributed by atoms with Gasteiger partial charge in [-0.1, -0.05) is 6.08 Å². The third-order valence-corrected chi connectivity index (χ3v) is 3.41. The number of rotatable bonds is 4. The molecule has 0 radical (unpaired) electrons. The van der Waals surface area contributed by atoms with E-state index in [-0.39, 0.29) is 6.04 Å². The molecule has 0 aromatic rings. The number of hydrogen-bond acceptors (Lipinski definition) is 5. The second-order valence-corrected chi connectivity index (χ2v) is 4.53. The summed E-state index contributed by atoms with van der Waals surface area (Å²) in [4.78, 5) is 1.75. The van der Waals surface area contributed by atoms with Crippen LogP contribution in [0.2, 0.25) is 0 Å². The first-order valence-electron chi connectivity index (χ1n) is 5.40. The Morgan fingerprint density at radius 3 is 2.94 bits per heavy atom. The van der Waals surface area contributed by atoms with Crippen LogP contribution in [0.15, 0.2) is 12.7 Å². The summed E-state index contributed by atoms with van der Waals surface area (Å²) in [5.41, 5.74) is 0. The predicted octanol–water partition coefficient (Wildman–Crippen LogP) is -1.83. The van der Waals surface area contributed by atoms with Gasteiger partial charge < -0.3 is 30.3 Å². The fourth-order valence-corrected chi connectivity index (χ4v) is 2.53. The Labute approximate surface area is 104 Å². The number of hydrogen-bond donors (Lipinski definition) is 4. The predicted molar refractivity (Wildman–Crippen MR) is 64.2 cm³/mol. The summed E-state index contributed by atoms with van der Waals surface area (Å²) in [6, 6.07) is -0.381. The fraction of sp³-hybridized carbons (Fsp3) is 0.700. The molecule has 4 N–H and O–H groups in total. The zero-order chi connectivity index (χ0) is 12.6. The summed E-state index contributed by atoms with van der Waals surface area (Å²) in [7, 11) is 0. The van der Waals surface area contributed by atoms with E-state index in [1.54, 1.807) is 11.0 Å². The zero-order valence-corrected chi connectivity index (χ0v) is 10.0. The number of aliphatic hydroxyl groups excluding tert-OH is 3. The van der Waals surface area contributed by atoms with Crippen LogP contribution in [0.4, 0.5) is 0 Å². The van der Waals surface area contributed by atoms with E-state index in [1.807, 2.05) is 0 Å². The molecule has 6 nitrogen and oxygen atoms in total. The molecular weight excluding hydrogens is 244 g/mol. The van der Waals surface area contributed by atoms with Crippen molar-refractivity contribution in [2.45, 2.75) is 30.6 Å². The highest BCUT2D eigenvalue weighted by Gasteiger charge is 2.53. The fourth-order valence-electron chi connectivity index (χ4n) is 2.21. The van der Waals surface area contributed by atoms with Gasteiger partial charge in [-0.25, -0.2) is 0 Å². The third kappa shape index (κ3) is 2.04. The summed E-state index contributed by atoms with van der Waals surface area (Å²) in [6.45, 7) is 3.68. The average molecular weight is 260 g/mol. The molecule has 17 heavy (non-hydrogen) atoms. The summed E-state index contributed by atoms with van der Waals surface area (Å²) < 4.78 is 5.55. The summed E-state index contributed by atoms with van der Waals surface area (Å²) in [5.74, 6) is 0. The first-order chi connectivity index (χ1) is 8.10. The Morgan fingerprint density at radius 2 is 2.35 bits per heavy atom. The number of aliphatic hydroxyl groups is 3. The van der Waals surface area contributed by atoms with Gasteiger partial charge in [0.25, 0.3) is 0 Å². The summed E-state index contributed by atoms with van der Waals surface area (Å²) in [6.07, 6.45) is -1.56. The van der Waals surface area contributed by atoms with E-state index in [1.165, 1.54) is 0 Å². The maximum absolute atomic E-state index is 9.99. The van der Waals surface area contributed by atoms with Gasteiger partial charge in [-0.3, -0.25) is 0 Å². The maximum Gasteiger partial charge on any atom is 0.171 e. The van der Waals surface area contributed by atoms with Crippen LogP contribution in [0.5, 0.6) is 0 Å². The first kappa shape index (κ1) is 12.7. The van der Waals surface area contributed by atoms with Crippen molar-refractivity contribution in [1.82, 2.24) is 10.2 Å². The third-order valence-electron chi connectivity index (χ3n) is 3.06. The number of ether oxygens (including phenoxy) is 1. The van der Waals surface area contributed by atoms with Gasteiger partial charge in [-0.15, -0.1) is 6.58 Å². The minimum Gasteiger partial charge on any atom is -0.394 e. The van der Waals surface area contributed by atoms with Gasteiger partial charge in [0.05, 0.1) is 6.61 Å². The van der Waals surface area contributed by atoms with Crippen LogP contribution in [0.3, 0.4) is 0 Å². The molecule has 0 aromatic carbocycles. The quantitative estimate of drug-likeness (QED) is 0.349. The van der Waals surface area contributed by atoms with Crippen molar-refractivity contribution in [3.05, 3.63) is 12.7 Å². The van der Waals surface area contributed by atoms with Crippen LogP contribution >= 0.6 is 12.2 Å². The van der Waals surface area contributed by atoms with Crippen molar-refractivity contribution >= 4 is 17.3 Å². The molecule has 0 bridgehead atoms. The molecule has 5 atom stereocenters. The van der Waals surface area contributed by atoms with E-state index in [0.717, 1.165) is 0 Å². The number of nitrogens with zero attached hydrogens (tertiary/aromatic N) is 1. The van der Waals surface area contributed by atoms with Gasteiger partial charge in [0.1, 0.15) is 24.4 Å². The van der Waals surface area contributed by atoms with E-state index in [2.05, 4.69) is 11.9 Å². The molecule has 0 aromatic heterocycles. The van der Waals surface area contributed by atoms with Gasteiger partial charge in [0, 0.05) is 6.54 Å². The van der Waals surface area contributed by atoms with Crippen LogP contribution in [-0.2, 0) is 4.74 Å². The van der Waals surface area contributed by atoms with E-state index >= 15 is 0 Å². The molecular formula is C10H16N2O4S. The summed E-state index contributed by atoms with van der Waals surface area (Å²) in [5, 5.41) is 31.9. The standard InChI is InChI=1S/C10H16N2O4S/c1-2-3-12-9-6(11-10(12)17)7(15)8(16-9)5(14)4-13/h2,5-9,13-15H,1,3-4H2,(H,11,17). The van der Waals surface area contributed by atoms with Crippen molar-refractivity contribution in [1.29, 1.82) is 0 Å². The van der Waals surface area contributed by atoms with E-state index in [4.69, 9.17) is 22.1 Å². The molecule has 7 heteroatoms. The Balaban J connectivity index is 2.12. The van der Waals surface area contributed by atoms with E-state index in [9.17, 15) is 10.2 Å². The molecule has 2 aliphatic rings. The lowest BCUT2D eigenvalue weighted by molar-refractivity contribution is -0.101. The van der Waals surface area contributed by atoms with Crippen molar-refractivity contribution in [2.75, 3.05) is 13.2 Å². The molecule has 0 saturated carbocycles. The highest BCUT2D eigenvalue weighted by molar-refractivity contribution is 7.80. The highest BCUT2D eigenvalue weighted by atomic mass is 32.1. The molecule has 2 fully saturated rings.